The van der Waals surface area contributed by atoms with Crippen LogP contribution in [-0.2, 0) is 4.79 Å². The molecule has 0 bridgehead atoms. The second-order valence-electron chi connectivity index (χ2n) is 4.03. The van der Waals surface area contributed by atoms with Crippen LogP contribution in [0, 0.1) is 20.8 Å². The molecule has 94 valence electrons. The van der Waals surface area contributed by atoms with E-state index in [1.807, 2.05) is 26.8 Å². The van der Waals surface area contributed by atoms with Crippen molar-refractivity contribution in [3.05, 3.63) is 29.2 Å². The SMILES string of the molecule is CC(=O)Oc1nc(C)ccc1-n1nc(C)c(C)n1. The van der Waals surface area contributed by atoms with E-state index in [2.05, 4.69) is 15.2 Å². The minimum absolute atomic E-state index is 0.220. The highest BCUT2D eigenvalue weighted by molar-refractivity contribution is 5.70. The Morgan fingerprint density at radius 2 is 1.78 bits per heavy atom. The number of rotatable bonds is 2. The van der Waals surface area contributed by atoms with Gasteiger partial charge in [0, 0.05) is 12.6 Å². The fourth-order valence-corrected chi connectivity index (χ4v) is 1.45. The third-order valence-electron chi connectivity index (χ3n) is 2.45. The summed E-state index contributed by atoms with van der Waals surface area (Å²) in [7, 11) is 0. The number of hydrogen-bond acceptors (Lipinski definition) is 5. The van der Waals surface area contributed by atoms with E-state index in [4.69, 9.17) is 4.74 Å². The third-order valence-corrected chi connectivity index (χ3v) is 2.45. The first-order chi connectivity index (χ1) is 8.47. The summed E-state index contributed by atoms with van der Waals surface area (Å²) in [6.07, 6.45) is 0. The average molecular weight is 246 g/mol. The molecule has 0 amide bonds. The predicted molar refractivity (Wildman–Crippen MR) is 64.7 cm³/mol. The molecule has 0 fully saturated rings. The molecule has 0 saturated carbocycles. The number of aryl methyl sites for hydroxylation is 3. The Morgan fingerprint density at radius 1 is 1.17 bits per heavy atom. The highest BCUT2D eigenvalue weighted by Crippen LogP contribution is 2.20. The lowest BCUT2D eigenvalue weighted by atomic mass is 10.3. The van der Waals surface area contributed by atoms with E-state index in [0.717, 1.165) is 17.1 Å². The van der Waals surface area contributed by atoms with E-state index in [1.165, 1.54) is 11.7 Å². The molecule has 2 aromatic heterocycles. The lowest BCUT2D eigenvalue weighted by Gasteiger charge is -2.07. The van der Waals surface area contributed by atoms with Crippen LogP contribution in [0.1, 0.15) is 24.0 Å². The van der Waals surface area contributed by atoms with Crippen LogP contribution in [0.5, 0.6) is 5.88 Å². The maximum Gasteiger partial charge on any atom is 0.309 e. The van der Waals surface area contributed by atoms with Crippen molar-refractivity contribution in [1.29, 1.82) is 0 Å². The Hall–Kier alpha value is -2.24. The number of carbonyl (C=O) groups excluding carboxylic acids is 1. The zero-order valence-electron chi connectivity index (χ0n) is 10.8. The number of esters is 1. The van der Waals surface area contributed by atoms with Crippen LogP contribution < -0.4 is 4.74 Å². The van der Waals surface area contributed by atoms with Gasteiger partial charge in [-0.05, 0) is 32.9 Å². The molecule has 6 heteroatoms. The second-order valence-corrected chi connectivity index (χ2v) is 4.03. The molecule has 0 radical (unpaired) electrons. The van der Waals surface area contributed by atoms with Gasteiger partial charge in [-0.2, -0.15) is 10.2 Å². The summed E-state index contributed by atoms with van der Waals surface area (Å²) in [6.45, 7) is 6.89. The van der Waals surface area contributed by atoms with Crippen molar-refractivity contribution in [2.75, 3.05) is 0 Å². The number of nitrogens with zero attached hydrogens (tertiary/aromatic N) is 4. The Balaban J connectivity index is 2.52. The molecule has 2 aromatic rings. The first-order valence-electron chi connectivity index (χ1n) is 5.54. The first kappa shape index (κ1) is 12.2. The summed E-state index contributed by atoms with van der Waals surface area (Å²) >= 11 is 0. The molecule has 0 aliphatic rings. The van der Waals surface area contributed by atoms with Crippen molar-refractivity contribution in [1.82, 2.24) is 20.0 Å². The zero-order valence-corrected chi connectivity index (χ0v) is 10.8. The molecule has 0 saturated heterocycles. The van der Waals surface area contributed by atoms with E-state index >= 15 is 0 Å². The Kier molecular flexibility index (Phi) is 3.10. The van der Waals surface area contributed by atoms with Crippen molar-refractivity contribution in [2.24, 2.45) is 0 Å². The average Bonchev–Trinajstić information content (AvgIpc) is 2.58. The highest BCUT2D eigenvalue weighted by Gasteiger charge is 2.13. The number of pyridine rings is 1. The van der Waals surface area contributed by atoms with Gasteiger partial charge >= 0.3 is 5.97 Å². The van der Waals surface area contributed by atoms with Crippen LogP contribution in [0.15, 0.2) is 12.1 Å². The monoisotopic (exact) mass is 246 g/mol. The molecular weight excluding hydrogens is 232 g/mol. The number of hydrogen-bond donors (Lipinski definition) is 0. The maximum absolute atomic E-state index is 11.1. The van der Waals surface area contributed by atoms with Gasteiger partial charge in [0.25, 0.3) is 5.88 Å². The van der Waals surface area contributed by atoms with Gasteiger partial charge in [0.15, 0.2) is 0 Å². The lowest BCUT2D eigenvalue weighted by molar-refractivity contribution is -0.132. The fourth-order valence-electron chi connectivity index (χ4n) is 1.45. The van der Waals surface area contributed by atoms with Gasteiger partial charge in [-0.1, -0.05) is 0 Å². The maximum atomic E-state index is 11.1. The van der Waals surface area contributed by atoms with Crippen LogP contribution in [0.3, 0.4) is 0 Å². The van der Waals surface area contributed by atoms with Crippen molar-refractivity contribution in [3.63, 3.8) is 0 Å². The molecule has 0 N–H and O–H groups in total. The third kappa shape index (κ3) is 2.37. The Labute approximate surface area is 105 Å². The van der Waals surface area contributed by atoms with Gasteiger partial charge in [0.2, 0.25) is 0 Å². The summed E-state index contributed by atoms with van der Waals surface area (Å²) in [6, 6.07) is 3.59. The topological polar surface area (TPSA) is 69.9 Å². The predicted octanol–water partition coefficient (Wildman–Crippen LogP) is 1.51. The standard InChI is InChI=1S/C12H14N4O2/c1-7-5-6-11(12(13-7)18-10(4)17)16-14-8(2)9(3)15-16/h5-6H,1-4H3. The Morgan fingerprint density at radius 3 is 2.33 bits per heavy atom. The molecular formula is C12H14N4O2. The van der Waals surface area contributed by atoms with Crippen molar-refractivity contribution in [2.45, 2.75) is 27.7 Å². The van der Waals surface area contributed by atoms with E-state index < -0.39 is 5.97 Å². The molecule has 0 unspecified atom stereocenters. The van der Waals surface area contributed by atoms with Crippen LogP contribution >= 0.6 is 0 Å². The lowest BCUT2D eigenvalue weighted by Crippen LogP contribution is -2.09. The molecule has 0 aliphatic carbocycles. The molecule has 2 heterocycles. The van der Waals surface area contributed by atoms with E-state index in [9.17, 15) is 4.79 Å². The first-order valence-corrected chi connectivity index (χ1v) is 5.54. The molecule has 0 aromatic carbocycles. The highest BCUT2D eigenvalue weighted by atomic mass is 16.5. The molecule has 0 aliphatic heterocycles. The molecule has 2 rings (SSSR count). The van der Waals surface area contributed by atoms with Gasteiger partial charge < -0.3 is 4.74 Å². The molecule has 6 nitrogen and oxygen atoms in total. The molecule has 18 heavy (non-hydrogen) atoms. The number of ether oxygens (including phenoxy) is 1. The van der Waals surface area contributed by atoms with Gasteiger partial charge in [-0.15, -0.1) is 4.80 Å². The minimum Gasteiger partial charge on any atom is -0.405 e. The van der Waals surface area contributed by atoms with Gasteiger partial charge in [0.05, 0.1) is 11.4 Å². The van der Waals surface area contributed by atoms with E-state index in [-0.39, 0.29) is 5.88 Å². The van der Waals surface area contributed by atoms with Gasteiger partial charge in [0.1, 0.15) is 5.69 Å². The summed E-state index contributed by atoms with van der Waals surface area (Å²) < 4.78 is 5.08. The summed E-state index contributed by atoms with van der Waals surface area (Å²) in [4.78, 5) is 16.7. The number of aromatic nitrogens is 4. The quantitative estimate of drug-likeness (QED) is 0.751. The van der Waals surface area contributed by atoms with E-state index in [1.54, 1.807) is 6.07 Å². The van der Waals surface area contributed by atoms with Crippen LogP contribution in [-0.4, -0.2) is 25.9 Å². The van der Waals surface area contributed by atoms with Gasteiger partial charge in [-0.3, -0.25) is 4.79 Å². The number of carbonyl (C=O) groups is 1. The van der Waals surface area contributed by atoms with Crippen molar-refractivity contribution in [3.8, 4) is 11.6 Å². The summed E-state index contributed by atoms with van der Waals surface area (Å²) in [5.74, 6) is -0.201. The fraction of sp³-hybridized carbons (Fsp3) is 0.333. The normalized spacial score (nSPS) is 10.4. The van der Waals surface area contributed by atoms with E-state index in [0.29, 0.717) is 5.69 Å². The summed E-state index contributed by atoms with van der Waals surface area (Å²) in [5.41, 5.74) is 2.95. The van der Waals surface area contributed by atoms with Crippen LogP contribution in [0.4, 0.5) is 0 Å². The van der Waals surface area contributed by atoms with Crippen LogP contribution in [0.2, 0.25) is 0 Å². The van der Waals surface area contributed by atoms with Crippen molar-refractivity contribution < 1.29 is 9.53 Å². The minimum atomic E-state index is -0.421. The second kappa shape index (κ2) is 4.56. The van der Waals surface area contributed by atoms with Crippen molar-refractivity contribution >= 4 is 5.97 Å². The van der Waals surface area contributed by atoms with Crippen LogP contribution in [0.25, 0.3) is 5.69 Å². The Bertz CT molecular complexity index is 585. The zero-order chi connectivity index (χ0) is 13.3. The largest absolute Gasteiger partial charge is 0.405 e. The molecule has 0 atom stereocenters. The molecule has 0 spiro atoms. The smallest absolute Gasteiger partial charge is 0.309 e. The van der Waals surface area contributed by atoms with Gasteiger partial charge in [-0.25, -0.2) is 4.98 Å². The summed E-state index contributed by atoms with van der Waals surface area (Å²) in [5, 5.41) is 8.50.